The number of rotatable bonds is 5. The summed E-state index contributed by atoms with van der Waals surface area (Å²) in [5.41, 5.74) is 0. The molecule has 0 saturated heterocycles. The van der Waals surface area contributed by atoms with Crippen molar-refractivity contribution < 1.29 is 51.4 Å². The van der Waals surface area contributed by atoms with Crippen molar-refractivity contribution in [2.24, 2.45) is 0 Å². The average molecular weight is 324 g/mol. The van der Waals surface area contributed by atoms with Gasteiger partial charge >= 0.3 is 40.0 Å². The van der Waals surface area contributed by atoms with Gasteiger partial charge in [-0.15, -0.1) is 0 Å². The van der Waals surface area contributed by atoms with E-state index in [1.807, 2.05) is 0 Å². The Hall–Kier alpha value is 0.470. The zero-order valence-electron chi connectivity index (χ0n) is 9.76. The van der Waals surface area contributed by atoms with Crippen molar-refractivity contribution in [1.29, 1.82) is 0 Å². The molecule has 0 amide bonds. The van der Waals surface area contributed by atoms with Crippen LogP contribution < -0.4 is 34.3 Å². The molecule has 0 bridgehead atoms. The van der Waals surface area contributed by atoms with Gasteiger partial charge in [-0.25, -0.2) is 4.18 Å². The van der Waals surface area contributed by atoms with Gasteiger partial charge in [0, 0.05) is 5.02 Å². The Morgan fingerprint density at radius 3 is 2.50 bits per heavy atom. The van der Waals surface area contributed by atoms with Crippen LogP contribution >= 0.6 is 23.2 Å². The summed E-state index contributed by atoms with van der Waals surface area (Å²) in [4.78, 5) is 0. The number of ether oxygens (including phenoxy) is 1. The van der Waals surface area contributed by atoms with E-state index in [0.29, 0.717) is 15.8 Å². The maximum atomic E-state index is 10.4. The zero-order chi connectivity index (χ0) is 13.1. The summed E-state index contributed by atoms with van der Waals surface area (Å²) in [6.45, 7) is 1.35. The minimum atomic E-state index is -4.48. The first-order valence-corrected chi connectivity index (χ1v) is 6.63. The molecule has 18 heavy (non-hydrogen) atoms. The normalized spacial score (nSPS) is 12.7. The van der Waals surface area contributed by atoms with Gasteiger partial charge in [-0.3, -0.25) is 4.55 Å². The molecular weight excluding hydrogens is 314 g/mol. The average Bonchev–Trinajstić information content (AvgIpc) is 2.13. The predicted octanol–water partition coefficient (Wildman–Crippen LogP) is -0.416. The van der Waals surface area contributed by atoms with E-state index in [4.69, 9.17) is 32.5 Å². The third-order valence-corrected chi connectivity index (χ3v) is 2.76. The number of benzene rings is 1. The molecule has 0 radical (unpaired) electrons. The largest absolute Gasteiger partial charge is 1.00 e. The first-order valence-electron chi connectivity index (χ1n) is 4.51. The second kappa shape index (κ2) is 7.91. The summed E-state index contributed by atoms with van der Waals surface area (Å²) in [7, 11) is -4.48. The molecule has 0 fully saturated rings. The number of hydrogen-bond acceptors (Lipinski definition) is 4. The van der Waals surface area contributed by atoms with Gasteiger partial charge in [-0.2, -0.15) is 8.42 Å². The molecule has 0 saturated carbocycles. The van der Waals surface area contributed by atoms with Crippen molar-refractivity contribution in [2.75, 3.05) is 6.61 Å². The van der Waals surface area contributed by atoms with Crippen molar-refractivity contribution in [3.63, 3.8) is 0 Å². The van der Waals surface area contributed by atoms with Crippen molar-refractivity contribution in [3.8, 4) is 5.75 Å². The van der Waals surface area contributed by atoms with Gasteiger partial charge in [-0.1, -0.05) is 23.2 Å². The summed E-state index contributed by atoms with van der Waals surface area (Å²) < 4.78 is 38.7. The Labute approximate surface area is 138 Å². The summed E-state index contributed by atoms with van der Waals surface area (Å²) in [5.74, 6) is 0.349. The first-order chi connectivity index (χ1) is 7.78. The molecular formula is C9H10Cl2NaO5S+. The second-order valence-electron chi connectivity index (χ2n) is 3.22. The van der Waals surface area contributed by atoms with Crippen LogP contribution in [0.25, 0.3) is 0 Å². The van der Waals surface area contributed by atoms with Crippen molar-refractivity contribution >= 4 is 33.6 Å². The topological polar surface area (TPSA) is 72.8 Å². The van der Waals surface area contributed by atoms with E-state index in [1.165, 1.54) is 13.0 Å². The van der Waals surface area contributed by atoms with E-state index in [2.05, 4.69) is 4.18 Å². The molecule has 1 rings (SSSR count). The van der Waals surface area contributed by atoms with Gasteiger partial charge in [0.1, 0.15) is 18.5 Å². The quantitative estimate of drug-likeness (QED) is 0.589. The van der Waals surface area contributed by atoms with Gasteiger partial charge in [0.15, 0.2) is 0 Å². The molecule has 1 aromatic carbocycles. The molecule has 0 aliphatic heterocycles. The van der Waals surface area contributed by atoms with Crippen LogP contribution in [-0.2, 0) is 14.6 Å². The smallest absolute Gasteiger partial charge is 0.489 e. The maximum absolute atomic E-state index is 10.4. The second-order valence-corrected chi connectivity index (χ2v) is 5.11. The molecule has 0 heterocycles. The van der Waals surface area contributed by atoms with E-state index in [0.717, 1.165) is 0 Å². The predicted molar refractivity (Wildman–Crippen MR) is 64.1 cm³/mol. The molecule has 9 heteroatoms. The number of hydrogen-bond donors (Lipinski definition) is 1. The third-order valence-electron chi connectivity index (χ3n) is 1.65. The molecule has 0 spiro atoms. The third kappa shape index (κ3) is 7.16. The Balaban J connectivity index is 0.00000289. The van der Waals surface area contributed by atoms with Crippen molar-refractivity contribution in [3.05, 3.63) is 28.2 Å². The van der Waals surface area contributed by atoms with Crippen molar-refractivity contribution in [2.45, 2.75) is 13.0 Å². The Morgan fingerprint density at radius 2 is 2.00 bits per heavy atom. The van der Waals surface area contributed by atoms with Crippen LogP contribution in [-0.4, -0.2) is 25.7 Å². The van der Waals surface area contributed by atoms with Crippen molar-refractivity contribution in [1.82, 2.24) is 0 Å². The van der Waals surface area contributed by atoms with E-state index >= 15 is 0 Å². The first kappa shape index (κ1) is 18.5. The molecule has 0 aliphatic rings. The van der Waals surface area contributed by atoms with Crippen LogP contribution in [0.2, 0.25) is 10.0 Å². The van der Waals surface area contributed by atoms with Crippen LogP contribution in [0.15, 0.2) is 18.2 Å². The molecule has 1 aromatic rings. The van der Waals surface area contributed by atoms with E-state index in [-0.39, 0.29) is 36.2 Å². The van der Waals surface area contributed by atoms with Crippen LogP contribution in [0.3, 0.4) is 0 Å². The molecule has 0 aliphatic carbocycles. The SMILES string of the molecule is CC(COc1ccc(Cl)cc1Cl)OS(=O)(=O)O.[Na+]. The van der Waals surface area contributed by atoms with Gasteiger partial charge in [0.2, 0.25) is 0 Å². The zero-order valence-corrected chi connectivity index (χ0v) is 14.1. The Bertz CT molecular complexity index is 494. The fourth-order valence-electron chi connectivity index (χ4n) is 1.03. The maximum Gasteiger partial charge on any atom is 1.00 e. The van der Waals surface area contributed by atoms with Crippen LogP contribution in [0.4, 0.5) is 0 Å². The monoisotopic (exact) mass is 323 g/mol. The Kier molecular flexibility index (Phi) is 8.12. The van der Waals surface area contributed by atoms with E-state index in [1.54, 1.807) is 12.1 Å². The van der Waals surface area contributed by atoms with Gasteiger partial charge in [-0.05, 0) is 25.1 Å². The van der Waals surface area contributed by atoms with E-state index < -0.39 is 16.5 Å². The minimum absolute atomic E-state index is 0. The molecule has 1 N–H and O–H groups in total. The fraction of sp³-hybridized carbons (Fsp3) is 0.333. The van der Waals surface area contributed by atoms with Crippen LogP contribution in [0, 0.1) is 0 Å². The minimum Gasteiger partial charge on any atom is -0.489 e. The molecule has 1 unspecified atom stereocenters. The fourth-order valence-corrected chi connectivity index (χ4v) is 1.97. The molecule has 96 valence electrons. The molecule has 1 atom stereocenters. The van der Waals surface area contributed by atoms with Crippen LogP contribution in [0.1, 0.15) is 6.92 Å². The number of halogens is 2. The summed E-state index contributed by atoms with van der Waals surface area (Å²) in [6.07, 6.45) is -0.836. The van der Waals surface area contributed by atoms with Gasteiger partial charge < -0.3 is 4.74 Å². The molecule has 0 aromatic heterocycles. The van der Waals surface area contributed by atoms with Gasteiger partial charge in [0.05, 0.1) is 5.02 Å². The van der Waals surface area contributed by atoms with Gasteiger partial charge in [0.25, 0.3) is 0 Å². The molecule has 5 nitrogen and oxygen atoms in total. The summed E-state index contributed by atoms with van der Waals surface area (Å²) in [6, 6.07) is 4.62. The van der Waals surface area contributed by atoms with E-state index in [9.17, 15) is 8.42 Å². The standard InChI is InChI=1S/C9H10Cl2O5S.Na/c1-6(16-17(12,13)14)5-15-9-3-2-7(10)4-8(9)11;/h2-4,6H,5H2,1H3,(H,12,13,14);/q;+1. The van der Waals surface area contributed by atoms with Crippen LogP contribution in [0.5, 0.6) is 5.75 Å². The summed E-state index contributed by atoms with van der Waals surface area (Å²) >= 11 is 11.5. The Morgan fingerprint density at radius 1 is 1.39 bits per heavy atom. The summed E-state index contributed by atoms with van der Waals surface area (Å²) in [5, 5.41) is 0.765.